The summed E-state index contributed by atoms with van der Waals surface area (Å²) in [5, 5.41) is 0.972. The highest BCUT2D eigenvalue weighted by Gasteiger charge is 2.19. The lowest BCUT2D eigenvalue weighted by Gasteiger charge is -2.27. The summed E-state index contributed by atoms with van der Waals surface area (Å²) in [6.45, 7) is 13.7. The second-order valence-corrected chi connectivity index (χ2v) is 9.71. The van der Waals surface area contributed by atoms with Crippen molar-refractivity contribution in [2.45, 2.75) is 40.5 Å². The van der Waals surface area contributed by atoms with Crippen LogP contribution >= 0.6 is 11.8 Å². The normalized spacial score (nSPS) is 14.1. The Morgan fingerprint density at radius 1 is 1.10 bits per heavy atom. The lowest BCUT2D eigenvalue weighted by molar-refractivity contribution is 0.196. The summed E-state index contributed by atoms with van der Waals surface area (Å²) < 4.78 is 6.09. The molecule has 0 atom stereocenters. The average Bonchev–Trinajstić information content (AvgIpc) is 2.73. The van der Waals surface area contributed by atoms with Crippen molar-refractivity contribution < 1.29 is 4.74 Å². The van der Waals surface area contributed by atoms with Gasteiger partial charge in [-0.05, 0) is 47.6 Å². The highest BCUT2D eigenvalue weighted by molar-refractivity contribution is 8.14. The van der Waals surface area contributed by atoms with Crippen LogP contribution in [0, 0.1) is 5.41 Å². The zero-order valence-corrected chi connectivity index (χ0v) is 19.3. The number of rotatable bonds is 7. The topological polar surface area (TPSA) is 24.8 Å². The van der Waals surface area contributed by atoms with Crippen LogP contribution in [0.15, 0.2) is 78.2 Å². The number of aryl methyl sites for hydroxylation is 2. The van der Waals surface area contributed by atoms with Gasteiger partial charge in [0.1, 0.15) is 10.8 Å². The smallest absolute Gasteiger partial charge is 0.122 e. The fraction of sp³-hybridized carbons (Fsp3) is 0.346. The molecule has 0 saturated heterocycles. The monoisotopic (exact) mass is 420 g/mol. The first kappa shape index (κ1) is 22.2. The Labute approximate surface area is 185 Å². The maximum atomic E-state index is 6.09. The molecule has 30 heavy (non-hydrogen) atoms. The van der Waals surface area contributed by atoms with Crippen molar-refractivity contribution >= 4 is 22.5 Å². The molecule has 0 spiro atoms. The summed E-state index contributed by atoms with van der Waals surface area (Å²) >= 11 is 1.76. The first-order chi connectivity index (χ1) is 14.4. The first-order valence-corrected chi connectivity index (χ1v) is 11.5. The Morgan fingerprint density at radius 3 is 2.57 bits per heavy atom. The molecule has 0 radical (unpaired) electrons. The van der Waals surface area contributed by atoms with Crippen LogP contribution in [-0.4, -0.2) is 17.4 Å². The van der Waals surface area contributed by atoms with Gasteiger partial charge in [-0.25, -0.2) is 4.99 Å². The minimum absolute atomic E-state index is 0.135. The Balaban J connectivity index is 1.66. The average molecular weight is 421 g/mol. The van der Waals surface area contributed by atoms with Gasteiger partial charge in [-0.3, -0.25) is 0 Å². The van der Waals surface area contributed by atoms with Crippen LogP contribution in [0.1, 0.15) is 38.8 Å². The number of anilines is 1. The number of hydrogen-bond donors (Lipinski definition) is 0. The summed E-state index contributed by atoms with van der Waals surface area (Å²) in [6.07, 6.45) is 5.77. The predicted molar refractivity (Wildman–Crippen MR) is 132 cm³/mol. The minimum atomic E-state index is 0.135. The molecule has 3 rings (SSSR count). The lowest BCUT2D eigenvalue weighted by atomic mass is 9.98. The van der Waals surface area contributed by atoms with Gasteiger partial charge in [-0.15, -0.1) is 11.8 Å². The Bertz CT molecular complexity index is 926. The van der Waals surface area contributed by atoms with Gasteiger partial charge >= 0.3 is 0 Å². The standard InChI is InChI=1S/C26H32N2OS/c1-6-22-18-23(12-13-24(22)29-19-26(3,4)5)28-16-15-27-25(20(28)2)30-17-14-21-10-8-7-9-11-21/h7-13,15-16,18H,2,6,14,17,19H2,1,3-5H3. The van der Waals surface area contributed by atoms with Crippen LogP contribution in [0.4, 0.5) is 5.69 Å². The number of aliphatic imine (C=N–C) groups is 1. The second-order valence-electron chi connectivity index (χ2n) is 8.63. The molecule has 0 bridgehead atoms. The van der Waals surface area contributed by atoms with Crippen LogP contribution in [0.25, 0.3) is 0 Å². The van der Waals surface area contributed by atoms with E-state index in [2.05, 4.69) is 92.7 Å². The van der Waals surface area contributed by atoms with E-state index in [9.17, 15) is 0 Å². The second kappa shape index (κ2) is 10.0. The Kier molecular flexibility index (Phi) is 7.43. The van der Waals surface area contributed by atoms with Crippen molar-refractivity contribution in [3.63, 3.8) is 0 Å². The number of nitrogens with zero attached hydrogens (tertiary/aromatic N) is 2. The van der Waals surface area contributed by atoms with Crippen molar-refractivity contribution in [3.8, 4) is 5.75 Å². The summed E-state index contributed by atoms with van der Waals surface area (Å²) in [6, 6.07) is 16.9. The van der Waals surface area contributed by atoms with Crippen LogP contribution in [0.3, 0.4) is 0 Å². The van der Waals surface area contributed by atoms with Crippen LogP contribution in [-0.2, 0) is 12.8 Å². The molecule has 0 amide bonds. The maximum Gasteiger partial charge on any atom is 0.122 e. The van der Waals surface area contributed by atoms with Crippen LogP contribution in [0.5, 0.6) is 5.75 Å². The summed E-state index contributed by atoms with van der Waals surface area (Å²) in [7, 11) is 0. The van der Waals surface area contributed by atoms with Crippen molar-refractivity contribution in [1.82, 2.24) is 0 Å². The van der Waals surface area contributed by atoms with E-state index in [4.69, 9.17) is 4.74 Å². The van der Waals surface area contributed by atoms with E-state index in [0.717, 1.165) is 40.8 Å². The SMILES string of the molecule is C=C1C(SCCc2ccccc2)=NC=CN1c1ccc(OCC(C)(C)C)c(CC)c1. The largest absolute Gasteiger partial charge is 0.493 e. The predicted octanol–water partition coefficient (Wildman–Crippen LogP) is 6.85. The van der Waals surface area contributed by atoms with Crippen molar-refractivity contribution in [2.75, 3.05) is 17.3 Å². The number of benzene rings is 2. The van der Waals surface area contributed by atoms with Crippen LogP contribution < -0.4 is 9.64 Å². The molecule has 2 aromatic carbocycles. The van der Waals surface area contributed by atoms with Gasteiger partial charge in [0, 0.05) is 23.8 Å². The van der Waals surface area contributed by atoms with Gasteiger partial charge in [-0.2, -0.15) is 0 Å². The van der Waals surface area contributed by atoms with Gasteiger partial charge in [0.25, 0.3) is 0 Å². The molecule has 3 nitrogen and oxygen atoms in total. The molecule has 0 aliphatic carbocycles. The zero-order valence-electron chi connectivity index (χ0n) is 18.5. The third-order valence-electron chi connectivity index (χ3n) is 4.78. The molecule has 158 valence electrons. The number of thioether (sulfide) groups is 1. The molecule has 0 fully saturated rings. The third kappa shape index (κ3) is 6.02. The van der Waals surface area contributed by atoms with Crippen molar-refractivity contribution in [1.29, 1.82) is 0 Å². The van der Waals surface area contributed by atoms with E-state index in [1.807, 2.05) is 12.4 Å². The van der Waals surface area contributed by atoms with E-state index in [-0.39, 0.29) is 5.41 Å². The van der Waals surface area contributed by atoms with Crippen LogP contribution in [0.2, 0.25) is 0 Å². The minimum Gasteiger partial charge on any atom is -0.493 e. The molecule has 0 unspecified atom stereocenters. The molecule has 1 aliphatic rings. The molecule has 1 aliphatic heterocycles. The third-order valence-corrected chi connectivity index (χ3v) is 5.80. The highest BCUT2D eigenvalue weighted by Crippen LogP contribution is 2.31. The van der Waals surface area contributed by atoms with Gasteiger partial charge in [0.05, 0.1) is 12.3 Å². The van der Waals surface area contributed by atoms with Gasteiger partial charge < -0.3 is 9.64 Å². The number of hydrogen-bond acceptors (Lipinski definition) is 4. The fourth-order valence-electron chi connectivity index (χ4n) is 3.13. The summed E-state index contributed by atoms with van der Waals surface area (Å²) in [5.74, 6) is 1.94. The first-order valence-electron chi connectivity index (χ1n) is 10.5. The molecule has 4 heteroatoms. The Hall–Kier alpha value is -2.46. The maximum absolute atomic E-state index is 6.09. The molecular weight excluding hydrogens is 388 g/mol. The summed E-state index contributed by atoms with van der Waals surface area (Å²) in [5.41, 5.74) is 4.69. The lowest BCUT2D eigenvalue weighted by Crippen LogP contribution is -2.23. The Morgan fingerprint density at radius 2 is 1.87 bits per heavy atom. The van der Waals surface area contributed by atoms with Crippen molar-refractivity contribution in [2.24, 2.45) is 10.4 Å². The van der Waals surface area contributed by atoms with E-state index in [0.29, 0.717) is 6.61 Å². The number of ether oxygens (including phenoxy) is 1. The molecule has 0 saturated carbocycles. The fourth-order valence-corrected chi connectivity index (χ4v) is 4.07. The summed E-state index contributed by atoms with van der Waals surface area (Å²) in [4.78, 5) is 6.68. The van der Waals surface area contributed by atoms with Gasteiger partial charge in [-0.1, -0.05) is 64.6 Å². The molecular formula is C26H32N2OS. The van der Waals surface area contributed by atoms with Gasteiger partial charge in [0.2, 0.25) is 0 Å². The van der Waals surface area contributed by atoms with E-state index in [1.165, 1.54) is 11.1 Å². The van der Waals surface area contributed by atoms with Crippen molar-refractivity contribution in [3.05, 3.63) is 84.3 Å². The van der Waals surface area contributed by atoms with E-state index < -0.39 is 0 Å². The van der Waals surface area contributed by atoms with E-state index >= 15 is 0 Å². The zero-order chi connectivity index (χ0) is 21.6. The molecule has 0 aromatic heterocycles. The molecule has 1 heterocycles. The highest BCUT2D eigenvalue weighted by atomic mass is 32.2. The van der Waals surface area contributed by atoms with Gasteiger partial charge in [0.15, 0.2) is 0 Å². The molecule has 0 N–H and O–H groups in total. The molecule has 2 aromatic rings. The quantitative estimate of drug-likeness (QED) is 0.489. The van der Waals surface area contributed by atoms with E-state index in [1.54, 1.807) is 11.8 Å².